The molecule has 6 nitrogen and oxygen atoms in total. The van der Waals surface area contributed by atoms with Gasteiger partial charge in [0.15, 0.2) is 5.82 Å². The third kappa shape index (κ3) is 3.66. The van der Waals surface area contributed by atoms with Crippen molar-refractivity contribution in [1.29, 1.82) is 0 Å². The van der Waals surface area contributed by atoms with Crippen molar-refractivity contribution in [2.75, 3.05) is 18.4 Å². The molecule has 0 unspecified atom stereocenters. The van der Waals surface area contributed by atoms with Crippen molar-refractivity contribution in [2.45, 2.75) is 6.92 Å². The smallest absolute Gasteiger partial charge is 0.257 e. The highest BCUT2D eigenvalue weighted by molar-refractivity contribution is 5.99. The summed E-state index contributed by atoms with van der Waals surface area (Å²) in [5.74, 6) is -2.75. The molecule has 1 N–H and O–H groups in total. The first-order chi connectivity index (χ1) is 10.5. The van der Waals surface area contributed by atoms with Gasteiger partial charge in [0.25, 0.3) is 5.91 Å². The van der Waals surface area contributed by atoms with Gasteiger partial charge in [-0.05, 0) is 19.1 Å². The summed E-state index contributed by atoms with van der Waals surface area (Å²) in [5, 5.41) is 5.93. The van der Waals surface area contributed by atoms with E-state index in [1.54, 1.807) is 6.92 Å². The molecule has 2 amide bonds. The summed E-state index contributed by atoms with van der Waals surface area (Å²) in [5.41, 5.74) is -0.294. The number of hydrogen-bond acceptors (Lipinski definition) is 4. The predicted molar refractivity (Wildman–Crippen MR) is 73.1 cm³/mol. The normalized spacial score (nSPS) is 10.3. The van der Waals surface area contributed by atoms with E-state index in [9.17, 15) is 18.4 Å². The Morgan fingerprint density at radius 2 is 2.09 bits per heavy atom. The molecule has 8 heteroatoms. The van der Waals surface area contributed by atoms with Crippen LogP contribution in [0.25, 0.3) is 0 Å². The number of nitrogens with one attached hydrogen (secondary N) is 1. The minimum atomic E-state index is -0.972. The van der Waals surface area contributed by atoms with Gasteiger partial charge in [0.2, 0.25) is 5.91 Å². The number of benzene rings is 1. The Balaban J connectivity index is 2.07. The maximum absolute atomic E-state index is 13.6. The van der Waals surface area contributed by atoms with Crippen molar-refractivity contribution < 1.29 is 22.9 Å². The van der Waals surface area contributed by atoms with E-state index in [0.29, 0.717) is 6.07 Å². The van der Waals surface area contributed by atoms with Crippen molar-refractivity contribution in [1.82, 2.24) is 10.1 Å². The topological polar surface area (TPSA) is 75.4 Å². The van der Waals surface area contributed by atoms with E-state index in [1.807, 2.05) is 0 Å². The van der Waals surface area contributed by atoms with Crippen molar-refractivity contribution >= 4 is 17.6 Å². The second-order valence-corrected chi connectivity index (χ2v) is 4.38. The van der Waals surface area contributed by atoms with Gasteiger partial charge in [0.1, 0.15) is 24.4 Å². The Bertz CT molecular complexity index is 674. The van der Waals surface area contributed by atoms with Crippen LogP contribution in [0.3, 0.4) is 0 Å². The number of nitrogens with zero attached hydrogens (tertiary/aromatic N) is 2. The summed E-state index contributed by atoms with van der Waals surface area (Å²) in [6.45, 7) is 1.53. The summed E-state index contributed by atoms with van der Waals surface area (Å²) < 4.78 is 31.1. The molecule has 0 saturated heterocycles. The lowest BCUT2D eigenvalue weighted by Crippen LogP contribution is -2.38. The predicted octanol–water partition coefficient (Wildman–Crippen LogP) is 2.05. The standard InChI is InChI=1S/C14H13F2N3O3/c1-2-19(8-13(20)17-12-5-6-22-18-12)14(21)10-4-3-9(15)7-11(10)16/h3-7H,2,8H2,1H3,(H,17,18,20). The summed E-state index contributed by atoms with van der Waals surface area (Å²) in [6, 6.07) is 4.09. The molecule has 1 heterocycles. The fourth-order valence-corrected chi connectivity index (χ4v) is 1.79. The molecule has 0 fully saturated rings. The van der Waals surface area contributed by atoms with E-state index in [-0.39, 0.29) is 24.5 Å². The monoisotopic (exact) mass is 309 g/mol. The van der Waals surface area contributed by atoms with Gasteiger partial charge in [-0.25, -0.2) is 8.78 Å². The number of rotatable bonds is 5. The highest BCUT2D eigenvalue weighted by Crippen LogP contribution is 2.12. The molecule has 0 radical (unpaired) electrons. The van der Waals surface area contributed by atoms with Crippen LogP contribution < -0.4 is 5.32 Å². The van der Waals surface area contributed by atoms with Gasteiger partial charge in [0, 0.05) is 18.7 Å². The lowest BCUT2D eigenvalue weighted by molar-refractivity contribution is -0.116. The summed E-state index contributed by atoms with van der Waals surface area (Å²) >= 11 is 0. The minimum absolute atomic E-state index is 0.182. The highest BCUT2D eigenvalue weighted by atomic mass is 19.1. The number of carbonyl (C=O) groups is 2. The molecule has 0 atom stereocenters. The fraction of sp³-hybridized carbons (Fsp3) is 0.214. The van der Waals surface area contributed by atoms with Crippen molar-refractivity contribution in [3.05, 3.63) is 47.7 Å². The van der Waals surface area contributed by atoms with E-state index < -0.39 is 23.4 Å². The summed E-state index contributed by atoms with van der Waals surface area (Å²) in [6.07, 6.45) is 1.28. The van der Waals surface area contributed by atoms with E-state index in [4.69, 9.17) is 0 Å². The second-order valence-electron chi connectivity index (χ2n) is 4.38. The third-order valence-corrected chi connectivity index (χ3v) is 2.87. The van der Waals surface area contributed by atoms with Gasteiger partial charge >= 0.3 is 0 Å². The van der Waals surface area contributed by atoms with Gasteiger partial charge in [0.05, 0.1) is 5.56 Å². The van der Waals surface area contributed by atoms with Crippen molar-refractivity contribution in [3.63, 3.8) is 0 Å². The van der Waals surface area contributed by atoms with E-state index in [2.05, 4.69) is 15.0 Å². The number of halogens is 2. The maximum Gasteiger partial charge on any atom is 0.257 e. The summed E-state index contributed by atoms with van der Waals surface area (Å²) in [7, 11) is 0. The highest BCUT2D eigenvalue weighted by Gasteiger charge is 2.21. The molecule has 1 aromatic heterocycles. The molecular formula is C14H13F2N3O3. The zero-order chi connectivity index (χ0) is 16.1. The van der Waals surface area contributed by atoms with Gasteiger partial charge in [-0.15, -0.1) is 0 Å². The van der Waals surface area contributed by atoms with Crippen LogP contribution in [0.15, 0.2) is 35.1 Å². The first-order valence-electron chi connectivity index (χ1n) is 6.45. The number of aromatic nitrogens is 1. The Kier molecular flexibility index (Phi) is 4.82. The zero-order valence-electron chi connectivity index (χ0n) is 11.7. The van der Waals surface area contributed by atoms with Gasteiger partial charge < -0.3 is 14.7 Å². The molecule has 116 valence electrons. The van der Waals surface area contributed by atoms with Crippen LogP contribution in [0.1, 0.15) is 17.3 Å². The molecule has 0 aliphatic heterocycles. The first kappa shape index (κ1) is 15.6. The van der Waals surface area contributed by atoms with Crippen LogP contribution in [-0.2, 0) is 4.79 Å². The average Bonchev–Trinajstić information content (AvgIpc) is 2.97. The van der Waals surface area contributed by atoms with E-state index in [1.165, 1.54) is 12.3 Å². The Morgan fingerprint density at radius 1 is 1.32 bits per heavy atom. The Hall–Kier alpha value is -2.77. The maximum atomic E-state index is 13.6. The lowest BCUT2D eigenvalue weighted by Gasteiger charge is -2.20. The SMILES string of the molecule is CCN(CC(=O)Nc1ccon1)C(=O)c1ccc(F)cc1F. The van der Waals surface area contributed by atoms with Crippen LogP contribution >= 0.6 is 0 Å². The molecule has 0 bridgehead atoms. The quantitative estimate of drug-likeness (QED) is 0.917. The molecular weight excluding hydrogens is 296 g/mol. The number of hydrogen-bond donors (Lipinski definition) is 1. The molecule has 0 aliphatic rings. The van der Waals surface area contributed by atoms with Crippen LogP contribution in [0.2, 0.25) is 0 Å². The number of amides is 2. The van der Waals surface area contributed by atoms with Crippen LogP contribution in [0, 0.1) is 11.6 Å². The minimum Gasteiger partial charge on any atom is -0.363 e. The van der Waals surface area contributed by atoms with E-state index in [0.717, 1.165) is 17.0 Å². The van der Waals surface area contributed by atoms with Gasteiger partial charge in [-0.1, -0.05) is 5.16 Å². The van der Waals surface area contributed by atoms with E-state index >= 15 is 0 Å². The fourth-order valence-electron chi connectivity index (χ4n) is 1.79. The molecule has 2 rings (SSSR count). The molecule has 22 heavy (non-hydrogen) atoms. The van der Waals surface area contributed by atoms with Crippen molar-refractivity contribution in [2.24, 2.45) is 0 Å². The lowest BCUT2D eigenvalue weighted by atomic mass is 10.1. The van der Waals surface area contributed by atoms with Gasteiger partial charge in [-0.3, -0.25) is 9.59 Å². The van der Waals surface area contributed by atoms with Crippen molar-refractivity contribution in [3.8, 4) is 0 Å². The molecule has 0 saturated carbocycles. The molecule has 2 aromatic rings. The molecule has 1 aromatic carbocycles. The van der Waals surface area contributed by atoms with Crippen LogP contribution in [-0.4, -0.2) is 35.0 Å². The Labute approximate surface area is 124 Å². The largest absolute Gasteiger partial charge is 0.363 e. The first-order valence-corrected chi connectivity index (χ1v) is 6.45. The number of anilines is 1. The molecule has 0 spiro atoms. The number of carbonyl (C=O) groups excluding carboxylic acids is 2. The van der Waals surface area contributed by atoms with Crippen LogP contribution in [0.5, 0.6) is 0 Å². The van der Waals surface area contributed by atoms with Gasteiger partial charge in [-0.2, -0.15) is 0 Å². The molecule has 0 aliphatic carbocycles. The summed E-state index contributed by atoms with van der Waals surface area (Å²) in [4.78, 5) is 25.1. The average molecular weight is 309 g/mol. The van der Waals surface area contributed by atoms with Crippen LogP contribution in [0.4, 0.5) is 14.6 Å². The third-order valence-electron chi connectivity index (χ3n) is 2.87. The Morgan fingerprint density at radius 3 is 2.68 bits per heavy atom. The number of likely N-dealkylation sites (N-methyl/N-ethyl adjacent to an activating group) is 1. The zero-order valence-corrected chi connectivity index (χ0v) is 11.7. The second kappa shape index (κ2) is 6.79.